The fourth-order valence-corrected chi connectivity index (χ4v) is 5.04. The molecule has 0 bridgehead atoms. The number of benzene rings is 2. The van der Waals surface area contributed by atoms with Gasteiger partial charge in [-0.05, 0) is 43.2 Å². The number of nitrogens with one attached hydrogen (secondary N) is 2. The predicted molar refractivity (Wildman–Crippen MR) is 126 cm³/mol. The lowest BCUT2D eigenvalue weighted by atomic mass is 9.97. The van der Waals surface area contributed by atoms with Gasteiger partial charge >= 0.3 is 0 Å². The maximum atomic E-state index is 13.5. The number of fused-ring (bicyclic) bond motifs is 1. The van der Waals surface area contributed by atoms with Gasteiger partial charge in [-0.3, -0.25) is 14.5 Å². The van der Waals surface area contributed by atoms with E-state index in [1.54, 1.807) is 0 Å². The molecule has 1 unspecified atom stereocenters. The molecule has 6 heteroatoms. The van der Waals surface area contributed by atoms with Crippen molar-refractivity contribution < 1.29 is 9.59 Å². The Morgan fingerprint density at radius 1 is 0.969 bits per heavy atom. The van der Waals surface area contributed by atoms with Crippen molar-refractivity contribution in [3.63, 3.8) is 0 Å². The molecule has 4 N–H and O–H groups in total. The molecular weight excluding hydrogens is 400 g/mol. The third-order valence-corrected chi connectivity index (χ3v) is 6.90. The SMILES string of the molecule is CC[C@H](N)C(=O)N[C@H]1CCC2CC[C@@H](C(=O)NC(c3ccccc3)c3ccccc3)N2C1. The molecule has 0 saturated carbocycles. The number of nitrogens with two attached hydrogens (primary N) is 1. The molecule has 2 aromatic carbocycles. The Labute approximate surface area is 190 Å². The van der Waals surface area contributed by atoms with Gasteiger partial charge < -0.3 is 16.4 Å². The number of rotatable bonds is 7. The molecule has 0 aromatic heterocycles. The predicted octanol–water partition coefficient (Wildman–Crippen LogP) is 2.74. The number of carbonyl (C=O) groups excluding carboxylic acids is 2. The van der Waals surface area contributed by atoms with Crippen LogP contribution in [0.25, 0.3) is 0 Å². The summed E-state index contributed by atoms with van der Waals surface area (Å²) in [7, 11) is 0. The number of hydrogen-bond acceptors (Lipinski definition) is 4. The van der Waals surface area contributed by atoms with Gasteiger partial charge in [-0.25, -0.2) is 0 Å². The van der Waals surface area contributed by atoms with Crippen LogP contribution in [0.3, 0.4) is 0 Å². The molecule has 2 aliphatic rings. The fourth-order valence-electron chi connectivity index (χ4n) is 5.04. The van der Waals surface area contributed by atoms with Gasteiger partial charge in [-0.1, -0.05) is 67.6 Å². The van der Waals surface area contributed by atoms with E-state index < -0.39 is 6.04 Å². The Morgan fingerprint density at radius 2 is 1.56 bits per heavy atom. The first-order chi connectivity index (χ1) is 15.6. The quantitative estimate of drug-likeness (QED) is 0.625. The van der Waals surface area contributed by atoms with Gasteiger partial charge in [0.1, 0.15) is 0 Å². The summed E-state index contributed by atoms with van der Waals surface area (Å²) in [6, 6.07) is 19.8. The molecular formula is C26H34N4O2. The third-order valence-electron chi connectivity index (χ3n) is 6.90. The van der Waals surface area contributed by atoms with Gasteiger partial charge in [0, 0.05) is 18.6 Å². The molecule has 2 aromatic rings. The zero-order valence-electron chi connectivity index (χ0n) is 18.7. The molecule has 6 nitrogen and oxygen atoms in total. The summed E-state index contributed by atoms with van der Waals surface area (Å²) in [5.74, 6) is -0.0354. The van der Waals surface area contributed by atoms with Crippen molar-refractivity contribution in [2.75, 3.05) is 6.54 Å². The van der Waals surface area contributed by atoms with E-state index in [-0.39, 0.29) is 29.9 Å². The molecule has 0 radical (unpaired) electrons. The van der Waals surface area contributed by atoms with E-state index in [9.17, 15) is 9.59 Å². The van der Waals surface area contributed by atoms with Crippen molar-refractivity contribution >= 4 is 11.8 Å². The maximum Gasteiger partial charge on any atom is 0.238 e. The highest BCUT2D eigenvalue weighted by atomic mass is 16.2. The summed E-state index contributed by atoms with van der Waals surface area (Å²) in [6.07, 6.45) is 4.43. The normalized spacial score (nSPS) is 24.0. The lowest BCUT2D eigenvalue weighted by Crippen LogP contribution is -2.56. The first kappa shape index (κ1) is 22.5. The van der Waals surface area contributed by atoms with Gasteiger partial charge in [-0.2, -0.15) is 0 Å². The molecule has 4 rings (SSSR count). The molecule has 2 amide bonds. The molecule has 32 heavy (non-hydrogen) atoms. The summed E-state index contributed by atoms with van der Waals surface area (Å²) in [6.45, 7) is 2.62. The summed E-state index contributed by atoms with van der Waals surface area (Å²) in [4.78, 5) is 28.1. The summed E-state index contributed by atoms with van der Waals surface area (Å²) < 4.78 is 0. The third kappa shape index (κ3) is 5.03. The summed E-state index contributed by atoms with van der Waals surface area (Å²) in [5, 5.41) is 6.42. The second-order valence-electron chi connectivity index (χ2n) is 9.00. The lowest BCUT2D eigenvalue weighted by molar-refractivity contribution is -0.127. The number of amides is 2. The van der Waals surface area contributed by atoms with Crippen LogP contribution in [0.15, 0.2) is 60.7 Å². The van der Waals surface area contributed by atoms with Crippen molar-refractivity contribution in [3.05, 3.63) is 71.8 Å². The minimum Gasteiger partial charge on any atom is -0.351 e. The van der Waals surface area contributed by atoms with Crippen molar-refractivity contribution in [2.24, 2.45) is 5.73 Å². The zero-order chi connectivity index (χ0) is 22.5. The minimum atomic E-state index is -0.470. The molecule has 170 valence electrons. The highest BCUT2D eigenvalue weighted by molar-refractivity contribution is 5.83. The number of nitrogens with zero attached hydrogens (tertiary/aromatic N) is 1. The smallest absolute Gasteiger partial charge is 0.238 e. The van der Waals surface area contributed by atoms with Gasteiger partial charge in [0.2, 0.25) is 11.8 Å². The highest BCUT2D eigenvalue weighted by Gasteiger charge is 2.42. The standard InChI is InChI=1S/C26H34N4O2/c1-2-22(27)25(31)28-20-13-14-21-15-16-23(30(21)17-20)26(32)29-24(18-9-5-3-6-10-18)19-11-7-4-8-12-19/h3-12,20-24H,2,13-17,27H2,1H3,(H,28,31)(H,29,32)/t20-,21?,22-,23-/m0/s1. The van der Waals surface area contributed by atoms with Crippen LogP contribution in [-0.2, 0) is 9.59 Å². The van der Waals surface area contributed by atoms with Crippen LogP contribution in [-0.4, -0.2) is 47.4 Å². The van der Waals surface area contributed by atoms with Crippen molar-refractivity contribution in [1.29, 1.82) is 0 Å². The molecule has 0 spiro atoms. The van der Waals surface area contributed by atoms with Crippen LogP contribution in [0.4, 0.5) is 0 Å². The highest BCUT2D eigenvalue weighted by Crippen LogP contribution is 2.32. The average molecular weight is 435 g/mol. The minimum absolute atomic E-state index is 0.0452. The largest absolute Gasteiger partial charge is 0.351 e. The van der Waals surface area contributed by atoms with Crippen LogP contribution in [0.2, 0.25) is 0 Å². The van der Waals surface area contributed by atoms with Gasteiger partial charge in [0.15, 0.2) is 0 Å². The Balaban J connectivity index is 1.46. The summed E-state index contributed by atoms with van der Waals surface area (Å²) in [5.41, 5.74) is 8.03. The van der Waals surface area contributed by atoms with Crippen molar-refractivity contribution in [2.45, 2.75) is 69.2 Å². The Kier molecular flexibility index (Phi) is 7.22. The molecule has 2 aliphatic heterocycles. The molecule has 2 fully saturated rings. The van der Waals surface area contributed by atoms with E-state index in [0.29, 0.717) is 19.0 Å². The number of piperidine rings is 1. The second kappa shape index (κ2) is 10.3. The number of carbonyl (C=O) groups is 2. The van der Waals surface area contributed by atoms with Gasteiger partial charge in [0.25, 0.3) is 0 Å². The van der Waals surface area contributed by atoms with E-state index in [1.807, 2.05) is 43.3 Å². The van der Waals surface area contributed by atoms with E-state index in [1.165, 1.54) is 0 Å². The van der Waals surface area contributed by atoms with E-state index in [2.05, 4.69) is 39.8 Å². The van der Waals surface area contributed by atoms with Gasteiger partial charge in [-0.15, -0.1) is 0 Å². The first-order valence-corrected chi connectivity index (χ1v) is 11.8. The van der Waals surface area contributed by atoms with E-state index in [0.717, 1.165) is 36.8 Å². The Hall–Kier alpha value is -2.70. The number of hydrogen-bond donors (Lipinski definition) is 3. The fraction of sp³-hybridized carbons (Fsp3) is 0.462. The molecule has 2 saturated heterocycles. The van der Waals surface area contributed by atoms with Gasteiger partial charge in [0.05, 0.1) is 18.1 Å². The van der Waals surface area contributed by atoms with E-state index >= 15 is 0 Å². The van der Waals surface area contributed by atoms with Crippen LogP contribution in [0.5, 0.6) is 0 Å². The van der Waals surface area contributed by atoms with Crippen LogP contribution < -0.4 is 16.4 Å². The van der Waals surface area contributed by atoms with Crippen LogP contribution in [0, 0.1) is 0 Å². The summed E-state index contributed by atoms with van der Waals surface area (Å²) >= 11 is 0. The van der Waals surface area contributed by atoms with E-state index in [4.69, 9.17) is 5.73 Å². The Morgan fingerprint density at radius 3 is 2.16 bits per heavy atom. The van der Waals surface area contributed by atoms with Crippen LogP contribution in [0.1, 0.15) is 56.2 Å². The first-order valence-electron chi connectivity index (χ1n) is 11.8. The Bertz CT molecular complexity index is 865. The van der Waals surface area contributed by atoms with Crippen molar-refractivity contribution in [3.8, 4) is 0 Å². The average Bonchev–Trinajstić information content (AvgIpc) is 3.26. The molecule has 0 aliphatic carbocycles. The maximum absolute atomic E-state index is 13.5. The monoisotopic (exact) mass is 434 g/mol. The lowest BCUT2D eigenvalue weighted by Gasteiger charge is -2.38. The topological polar surface area (TPSA) is 87.5 Å². The van der Waals surface area contributed by atoms with Crippen LogP contribution >= 0.6 is 0 Å². The second-order valence-corrected chi connectivity index (χ2v) is 9.00. The van der Waals surface area contributed by atoms with Crippen molar-refractivity contribution in [1.82, 2.24) is 15.5 Å². The zero-order valence-corrected chi connectivity index (χ0v) is 18.7. The molecule has 2 heterocycles. The molecule has 4 atom stereocenters.